The average molecular weight is 243 g/mol. The normalized spacial score (nSPS) is 12.3. The first-order chi connectivity index (χ1) is 8.75. The van der Waals surface area contributed by atoms with Gasteiger partial charge in [0, 0.05) is 0 Å². The van der Waals surface area contributed by atoms with E-state index in [1.165, 1.54) is 0 Å². The Kier molecular flexibility index (Phi) is 4.34. The monoisotopic (exact) mass is 243 g/mol. The van der Waals surface area contributed by atoms with Gasteiger partial charge in [0.2, 0.25) is 0 Å². The number of hydroxylamine groups is 1. The van der Waals surface area contributed by atoms with E-state index in [1.54, 1.807) is 12.1 Å². The van der Waals surface area contributed by atoms with Crippen molar-refractivity contribution in [3.63, 3.8) is 0 Å². The highest BCUT2D eigenvalue weighted by atomic mass is 16.6. The molecular weight excluding hydrogens is 226 g/mol. The lowest BCUT2D eigenvalue weighted by molar-refractivity contribution is 0.00697. The molecular formula is C15H17NO2. The lowest BCUT2D eigenvalue weighted by atomic mass is 10.1. The quantitative estimate of drug-likeness (QED) is 0.792. The SMILES string of the molecule is CC(NOCc1ccccc1)c1ccc(O)cc1. The third-order valence-electron chi connectivity index (χ3n) is 2.73. The van der Waals surface area contributed by atoms with Crippen LogP contribution in [-0.2, 0) is 11.4 Å². The van der Waals surface area contributed by atoms with Gasteiger partial charge >= 0.3 is 0 Å². The second-order valence-electron chi connectivity index (χ2n) is 4.21. The molecule has 94 valence electrons. The molecule has 0 bridgehead atoms. The summed E-state index contributed by atoms with van der Waals surface area (Å²) in [4.78, 5) is 5.45. The van der Waals surface area contributed by atoms with Gasteiger partial charge < -0.3 is 5.11 Å². The van der Waals surface area contributed by atoms with E-state index in [-0.39, 0.29) is 11.8 Å². The van der Waals surface area contributed by atoms with E-state index in [2.05, 4.69) is 5.48 Å². The summed E-state index contributed by atoms with van der Waals surface area (Å²) >= 11 is 0. The van der Waals surface area contributed by atoms with Crippen molar-refractivity contribution in [1.29, 1.82) is 0 Å². The summed E-state index contributed by atoms with van der Waals surface area (Å²) in [5, 5.41) is 9.21. The summed E-state index contributed by atoms with van der Waals surface area (Å²) in [6.07, 6.45) is 0. The Morgan fingerprint density at radius 1 is 1.06 bits per heavy atom. The number of aromatic hydroxyl groups is 1. The zero-order valence-corrected chi connectivity index (χ0v) is 10.3. The molecule has 2 N–H and O–H groups in total. The first kappa shape index (κ1) is 12.6. The van der Waals surface area contributed by atoms with Crippen LogP contribution in [0.15, 0.2) is 54.6 Å². The maximum atomic E-state index is 9.21. The summed E-state index contributed by atoms with van der Waals surface area (Å²) < 4.78 is 0. The van der Waals surface area contributed by atoms with Crippen LogP contribution in [0.4, 0.5) is 0 Å². The molecule has 0 radical (unpaired) electrons. The molecule has 0 aliphatic heterocycles. The summed E-state index contributed by atoms with van der Waals surface area (Å²) in [6.45, 7) is 2.54. The second kappa shape index (κ2) is 6.19. The Bertz CT molecular complexity index is 468. The van der Waals surface area contributed by atoms with Gasteiger partial charge in [-0.3, -0.25) is 4.84 Å². The molecule has 0 amide bonds. The van der Waals surface area contributed by atoms with E-state index < -0.39 is 0 Å². The van der Waals surface area contributed by atoms with Crippen molar-refractivity contribution < 1.29 is 9.94 Å². The predicted molar refractivity (Wildman–Crippen MR) is 70.9 cm³/mol. The van der Waals surface area contributed by atoms with Crippen LogP contribution in [0.25, 0.3) is 0 Å². The predicted octanol–water partition coefficient (Wildman–Crippen LogP) is 3.17. The Morgan fingerprint density at radius 2 is 1.72 bits per heavy atom. The molecule has 0 fully saturated rings. The summed E-state index contributed by atoms with van der Waals surface area (Å²) in [5.74, 6) is 0.274. The minimum atomic E-state index is 0.0781. The van der Waals surface area contributed by atoms with Crippen molar-refractivity contribution in [3.05, 3.63) is 65.7 Å². The van der Waals surface area contributed by atoms with Crippen LogP contribution in [0.5, 0.6) is 5.75 Å². The Hall–Kier alpha value is -1.84. The van der Waals surface area contributed by atoms with E-state index in [9.17, 15) is 5.11 Å². The fourth-order valence-electron chi connectivity index (χ4n) is 1.66. The van der Waals surface area contributed by atoms with E-state index in [0.717, 1.165) is 11.1 Å². The van der Waals surface area contributed by atoms with Crippen molar-refractivity contribution in [2.75, 3.05) is 0 Å². The third kappa shape index (κ3) is 3.58. The Morgan fingerprint density at radius 3 is 2.39 bits per heavy atom. The number of phenols is 1. The second-order valence-corrected chi connectivity index (χ2v) is 4.21. The molecule has 0 saturated carbocycles. The van der Waals surface area contributed by atoms with Gasteiger partial charge in [-0.1, -0.05) is 42.5 Å². The van der Waals surface area contributed by atoms with Gasteiger partial charge in [-0.25, -0.2) is 0 Å². The molecule has 2 aromatic rings. The topological polar surface area (TPSA) is 41.5 Å². The van der Waals surface area contributed by atoms with Crippen LogP contribution >= 0.6 is 0 Å². The van der Waals surface area contributed by atoms with Crippen molar-refractivity contribution in [1.82, 2.24) is 5.48 Å². The molecule has 0 aliphatic rings. The van der Waals surface area contributed by atoms with Crippen LogP contribution < -0.4 is 5.48 Å². The molecule has 3 heteroatoms. The zero-order valence-electron chi connectivity index (χ0n) is 10.3. The van der Waals surface area contributed by atoms with Crippen LogP contribution in [0.1, 0.15) is 24.1 Å². The highest BCUT2D eigenvalue weighted by Gasteiger charge is 2.04. The molecule has 2 aromatic carbocycles. The minimum absolute atomic E-state index is 0.0781. The van der Waals surface area contributed by atoms with Gasteiger partial charge in [-0.2, -0.15) is 5.48 Å². The lowest BCUT2D eigenvalue weighted by Crippen LogP contribution is -2.18. The van der Waals surface area contributed by atoms with Crippen LogP contribution in [0, 0.1) is 0 Å². The van der Waals surface area contributed by atoms with Crippen LogP contribution in [0.3, 0.4) is 0 Å². The van der Waals surface area contributed by atoms with E-state index >= 15 is 0 Å². The maximum absolute atomic E-state index is 9.21. The molecule has 1 unspecified atom stereocenters. The summed E-state index contributed by atoms with van der Waals surface area (Å²) in [5.41, 5.74) is 5.18. The van der Waals surface area contributed by atoms with Crippen LogP contribution in [-0.4, -0.2) is 5.11 Å². The largest absolute Gasteiger partial charge is 0.508 e. The summed E-state index contributed by atoms with van der Waals surface area (Å²) in [7, 11) is 0. The van der Waals surface area contributed by atoms with Gasteiger partial charge in [0.1, 0.15) is 5.75 Å². The average Bonchev–Trinajstić information content (AvgIpc) is 2.40. The third-order valence-corrected chi connectivity index (χ3v) is 2.73. The van der Waals surface area contributed by atoms with Crippen molar-refractivity contribution in [3.8, 4) is 5.75 Å². The van der Waals surface area contributed by atoms with Crippen molar-refractivity contribution in [2.24, 2.45) is 0 Å². The van der Waals surface area contributed by atoms with Gasteiger partial charge in [0.05, 0.1) is 12.6 Å². The van der Waals surface area contributed by atoms with Crippen molar-refractivity contribution >= 4 is 0 Å². The molecule has 0 spiro atoms. The summed E-state index contributed by atoms with van der Waals surface area (Å²) in [6, 6.07) is 17.2. The van der Waals surface area contributed by atoms with Crippen molar-refractivity contribution in [2.45, 2.75) is 19.6 Å². The molecule has 0 heterocycles. The number of rotatable bonds is 5. The highest BCUT2D eigenvalue weighted by Crippen LogP contribution is 2.16. The van der Waals surface area contributed by atoms with E-state index in [1.807, 2.05) is 49.4 Å². The van der Waals surface area contributed by atoms with E-state index in [0.29, 0.717) is 6.61 Å². The van der Waals surface area contributed by atoms with E-state index in [4.69, 9.17) is 4.84 Å². The number of benzene rings is 2. The van der Waals surface area contributed by atoms with Gasteiger partial charge in [0.25, 0.3) is 0 Å². The first-order valence-corrected chi connectivity index (χ1v) is 5.96. The molecule has 3 nitrogen and oxygen atoms in total. The molecule has 0 aliphatic carbocycles. The molecule has 2 rings (SSSR count). The van der Waals surface area contributed by atoms with Crippen LogP contribution in [0.2, 0.25) is 0 Å². The zero-order chi connectivity index (χ0) is 12.8. The standard InChI is InChI=1S/C15H17NO2/c1-12(14-7-9-15(17)10-8-14)16-18-11-13-5-3-2-4-6-13/h2-10,12,16-17H,11H2,1H3. The first-order valence-electron chi connectivity index (χ1n) is 5.96. The lowest BCUT2D eigenvalue weighted by Gasteiger charge is -2.14. The molecule has 1 atom stereocenters. The maximum Gasteiger partial charge on any atom is 0.115 e. The molecule has 0 saturated heterocycles. The highest BCUT2D eigenvalue weighted by molar-refractivity contribution is 5.27. The number of nitrogens with one attached hydrogen (secondary N) is 1. The smallest absolute Gasteiger partial charge is 0.115 e. The number of hydrogen-bond acceptors (Lipinski definition) is 3. The molecule has 18 heavy (non-hydrogen) atoms. The van der Waals surface area contributed by atoms with Gasteiger partial charge in [-0.15, -0.1) is 0 Å². The number of hydrogen-bond donors (Lipinski definition) is 2. The fourth-order valence-corrected chi connectivity index (χ4v) is 1.66. The fraction of sp³-hybridized carbons (Fsp3) is 0.200. The minimum Gasteiger partial charge on any atom is -0.508 e. The number of phenolic OH excluding ortho intramolecular Hbond substituents is 1. The molecule has 0 aromatic heterocycles. The Balaban J connectivity index is 1.81. The van der Waals surface area contributed by atoms with Gasteiger partial charge in [0.15, 0.2) is 0 Å². The Labute approximate surface area is 107 Å². The van der Waals surface area contributed by atoms with Gasteiger partial charge in [-0.05, 0) is 30.2 Å².